The van der Waals surface area contributed by atoms with Gasteiger partial charge in [0.05, 0.1) is 16.3 Å². The summed E-state index contributed by atoms with van der Waals surface area (Å²) in [6.45, 7) is 0. The van der Waals surface area contributed by atoms with E-state index < -0.39 is 0 Å². The molecule has 0 amide bonds. The standard InChI is InChI=1S/C10H7BrN2S/c11-9-5-7-8(14-9)2-1-6(3-4-12)10(7)13/h1-2,5H,3,13H2. The second kappa shape index (κ2) is 3.60. The van der Waals surface area contributed by atoms with Crippen LogP contribution in [-0.2, 0) is 6.42 Å². The number of nitrogens with two attached hydrogens (primary N) is 1. The van der Waals surface area contributed by atoms with Gasteiger partial charge in [0.1, 0.15) is 0 Å². The minimum atomic E-state index is 0.370. The normalized spacial score (nSPS) is 10.3. The maximum atomic E-state index is 8.61. The number of hydrogen-bond acceptors (Lipinski definition) is 3. The Morgan fingerprint density at radius 2 is 2.29 bits per heavy atom. The highest BCUT2D eigenvalue weighted by Crippen LogP contribution is 2.34. The monoisotopic (exact) mass is 266 g/mol. The molecule has 2 aromatic rings. The molecule has 0 saturated heterocycles. The fourth-order valence-corrected chi connectivity index (χ4v) is 2.94. The molecule has 0 aliphatic rings. The smallest absolute Gasteiger partial charge is 0.0711 e. The number of thiophene rings is 1. The molecule has 1 aromatic heterocycles. The van der Waals surface area contributed by atoms with Gasteiger partial charge in [-0.1, -0.05) is 6.07 Å². The number of hydrogen-bond donors (Lipinski definition) is 1. The number of benzene rings is 1. The first-order valence-electron chi connectivity index (χ1n) is 4.05. The van der Waals surface area contributed by atoms with Crippen molar-refractivity contribution in [3.05, 3.63) is 27.5 Å². The Hall–Kier alpha value is -1.05. The van der Waals surface area contributed by atoms with Crippen molar-refractivity contribution in [2.75, 3.05) is 5.73 Å². The number of halogens is 1. The average Bonchev–Trinajstić information content (AvgIpc) is 2.52. The molecule has 70 valence electrons. The van der Waals surface area contributed by atoms with E-state index in [4.69, 9.17) is 11.0 Å². The summed E-state index contributed by atoms with van der Waals surface area (Å²) in [4.78, 5) is 0. The van der Waals surface area contributed by atoms with Gasteiger partial charge >= 0.3 is 0 Å². The summed E-state index contributed by atoms with van der Waals surface area (Å²) in [6, 6.07) is 8.03. The topological polar surface area (TPSA) is 49.8 Å². The third-order valence-electron chi connectivity index (χ3n) is 2.07. The number of anilines is 1. The summed E-state index contributed by atoms with van der Waals surface area (Å²) in [6.07, 6.45) is 0.370. The Labute approximate surface area is 94.1 Å². The van der Waals surface area contributed by atoms with Crippen LogP contribution in [-0.4, -0.2) is 0 Å². The van der Waals surface area contributed by atoms with Crippen molar-refractivity contribution in [1.82, 2.24) is 0 Å². The Balaban J connectivity index is 2.69. The quantitative estimate of drug-likeness (QED) is 0.806. The van der Waals surface area contributed by atoms with Gasteiger partial charge in [-0.15, -0.1) is 11.3 Å². The first kappa shape index (κ1) is 9.50. The van der Waals surface area contributed by atoms with Crippen LogP contribution in [0.15, 0.2) is 22.0 Å². The predicted molar refractivity (Wildman–Crippen MR) is 63.3 cm³/mol. The second-order valence-corrected chi connectivity index (χ2v) is 5.40. The first-order chi connectivity index (χ1) is 6.72. The highest BCUT2D eigenvalue weighted by molar-refractivity contribution is 9.11. The third-order valence-corrected chi connectivity index (χ3v) is 3.68. The van der Waals surface area contributed by atoms with Crippen molar-refractivity contribution in [3.8, 4) is 6.07 Å². The van der Waals surface area contributed by atoms with Gasteiger partial charge in [-0.2, -0.15) is 5.26 Å². The fraction of sp³-hybridized carbons (Fsp3) is 0.100. The van der Waals surface area contributed by atoms with E-state index in [1.54, 1.807) is 11.3 Å². The van der Waals surface area contributed by atoms with Gasteiger partial charge < -0.3 is 5.73 Å². The third kappa shape index (κ3) is 1.49. The van der Waals surface area contributed by atoms with Crippen LogP contribution in [0.25, 0.3) is 10.1 Å². The van der Waals surface area contributed by atoms with E-state index in [0.717, 1.165) is 25.1 Å². The van der Waals surface area contributed by atoms with Gasteiger partial charge in [-0.3, -0.25) is 0 Å². The number of nitrogen functional groups attached to an aromatic ring is 1. The minimum Gasteiger partial charge on any atom is -0.398 e. The SMILES string of the molecule is N#CCc1ccc2sc(Br)cc2c1N. The first-order valence-corrected chi connectivity index (χ1v) is 5.66. The zero-order chi connectivity index (χ0) is 10.1. The van der Waals surface area contributed by atoms with E-state index in [2.05, 4.69) is 22.0 Å². The Bertz CT molecular complexity index is 525. The molecule has 2 rings (SSSR count). The molecule has 0 fully saturated rings. The molecular weight excluding hydrogens is 260 g/mol. The van der Waals surface area contributed by atoms with Crippen molar-refractivity contribution in [3.63, 3.8) is 0 Å². The molecule has 1 heterocycles. The predicted octanol–water partition coefficient (Wildman–Crippen LogP) is 3.31. The lowest BCUT2D eigenvalue weighted by Crippen LogP contribution is -1.93. The second-order valence-electron chi connectivity index (χ2n) is 2.94. The van der Waals surface area contributed by atoms with Gasteiger partial charge in [0.15, 0.2) is 0 Å². The molecule has 0 atom stereocenters. The van der Waals surface area contributed by atoms with E-state index in [9.17, 15) is 0 Å². The van der Waals surface area contributed by atoms with Crippen LogP contribution in [0.5, 0.6) is 0 Å². The molecule has 14 heavy (non-hydrogen) atoms. The summed E-state index contributed by atoms with van der Waals surface area (Å²) in [7, 11) is 0. The summed E-state index contributed by atoms with van der Waals surface area (Å²) in [5.41, 5.74) is 7.59. The summed E-state index contributed by atoms with van der Waals surface area (Å²) < 4.78 is 2.21. The largest absolute Gasteiger partial charge is 0.398 e. The lowest BCUT2D eigenvalue weighted by molar-refractivity contribution is 1.28. The van der Waals surface area contributed by atoms with Gasteiger partial charge in [0, 0.05) is 15.8 Å². The summed E-state index contributed by atoms with van der Waals surface area (Å²) in [5.74, 6) is 0. The molecule has 0 unspecified atom stereocenters. The Morgan fingerprint density at radius 1 is 1.50 bits per heavy atom. The van der Waals surface area contributed by atoms with E-state index in [0.29, 0.717) is 6.42 Å². The maximum absolute atomic E-state index is 8.61. The van der Waals surface area contributed by atoms with Gasteiger partial charge in [-0.25, -0.2) is 0 Å². The van der Waals surface area contributed by atoms with Crippen LogP contribution in [0.4, 0.5) is 5.69 Å². The highest BCUT2D eigenvalue weighted by atomic mass is 79.9. The van der Waals surface area contributed by atoms with Crippen LogP contribution in [0, 0.1) is 11.3 Å². The van der Waals surface area contributed by atoms with Crippen molar-refractivity contribution < 1.29 is 0 Å². The zero-order valence-electron chi connectivity index (χ0n) is 7.25. The van der Waals surface area contributed by atoms with Gasteiger partial charge in [0.25, 0.3) is 0 Å². The van der Waals surface area contributed by atoms with Crippen LogP contribution in [0.1, 0.15) is 5.56 Å². The van der Waals surface area contributed by atoms with Crippen LogP contribution < -0.4 is 5.73 Å². The molecule has 2 N–H and O–H groups in total. The molecule has 1 aromatic carbocycles. The number of fused-ring (bicyclic) bond motifs is 1. The Kier molecular flexibility index (Phi) is 2.44. The molecule has 0 bridgehead atoms. The van der Waals surface area contributed by atoms with Crippen molar-refractivity contribution in [1.29, 1.82) is 5.26 Å². The summed E-state index contributed by atoms with van der Waals surface area (Å²) >= 11 is 5.07. The number of nitriles is 1. The van der Waals surface area contributed by atoms with Crippen molar-refractivity contribution in [2.24, 2.45) is 0 Å². The fourth-order valence-electron chi connectivity index (χ4n) is 1.39. The molecule has 4 heteroatoms. The van der Waals surface area contributed by atoms with Gasteiger partial charge in [-0.05, 0) is 33.6 Å². The van der Waals surface area contributed by atoms with Crippen molar-refractivity contribution in [2.45, 2.75) is 6.42 Å². The van der Waals surface area contributed by atoms with E-state index in [-0.39, 0.29) is 0 Å². The Morgan fingerprint density at radius 3 is 3.00 bits per heavy atom. The molecule has 0 radical (unpaired) electrons. The van der Waals surface area contributed by atoms with Crippen molar-refractivity contribution >= 4 is 43.0 Å². The van der Waals surface area contributed by atoms with Crippen LogP contribution >= 0.6 is 27.3 Å². The molecule has 0 aliphatic heterocycles. The molecular formula is C10H7BrN2S. The van der Waals surface area contributed by atoms with Crippen LogP contribution in [0.2, 0.25) is 0 Å². The highest BCUT2D eigenvalue weighted by Gasteiger charge is 2.06. The zero-order valence-corrected chi connectivity index (χ0v) is 9.65. The molecule has 2 nitrogen and oxygen atoms in total. The molecule has 0 spiro atoms. The number of nitrogens with zero attached hydrogens (tertiary/aromatic N) is 1. The molecule has 0 saturated carbocycles. The minimum absolute atomic E-state index is 0.370. The van der Waals surface area contributed by atoms with E-state index in [1.165, 1.54) is 0 Å². The summed E-state index contributed by atoms with van der Waals surface area (Å²) in [5, 5.41) is 9.65. The number of rotatable bonds is 1. The van der Waals surface area contributed by atoms with E-state index in [1.807, 2.05) is 18.2 Å². The van der Waals surface area contributed by atoms with Crippen LogP contribution in [0.3, 0.4) is 0 Å². The van der Waals surface area contributed by atoms with Gasteiger partial charge in [0.2, 0.25) is 0 Å². The van der Waals surface area contributed by atoms with E-state index >= 15 is 0 Å². The maximum Gasteiger partial charge on any atom is 0.0711 e. The average molecular weight is 267 g/mol. The lowest BCUT2D eigenvalue weighted by atomic mass is 10.1. The molecule has 0 aliphatic carbocycles. The lowest BCUT2D eigenvalue weighted by Gasteiger charge is -2.01.